The molecule has 2 heterocycles. The zero-order valence-corrected chi connectivity index (χ0v) is 13.4. The maximum atomic E-state index is 5.99. The molecule has 0 amide bonds. The van der Waals surface area contributed by atoms with Crippen LogP contribution in [-0.4, -0.2) is 20.2 Å². The lowest BCUT2D eigenvalue weighted by Gasteiger charge is -2.08. The molecule has 6 nitrogen and oxygen atoms in total. The summed E-state index contributed by atoms with van der Waals surface area (Å²) in [4.78, 5) is 8.40. The van der Waals surface area contributed by atoms with Crippen LogP contribution in [0.15, 0.2) is 48.9 Å². The summed E-state index contributed by atoms with van der Waals surface area (Å²) in [6.07, 6.45) is 5.03. The highest BCUT2D eigenvalue weighted by atomic mass is 35.5. The molecule has 3 aromatic rings. The number of hydrogen-bond donors (Lipinski definition) is 2. The van der Waals surface area contributed by atoms with Crippen LogP contribution >= 0.6 is 23.2 Å². The molecule has 0 fully saturated rings. The van der Waals surface area contributed by atoms with Crippen molar-refractivity contribution >= 4 is 40.7 Å². The van der Waals surface area contributed by atoms with E-state index >= 15 is 0 Å². The van der Waals surface area contributed by atoms with E-state index in [-0.39, 0.29) is 0 Å². The average molecular weight is 347 g/mol. The largest absolute Gasteiger partial charge is 0.349 e. The molecule has 2 aromatic heterocycles. The van der Waals surface area contributed by atoms with Gasteiger partial charge in [0.05, 0.1) is 16.2 Å². The third kappa shape index (κ3) is 4.28. The van der Waals surface area contributed by atoms with Crippen molar-refractivity contribution in [3.05, 3.63) is 64.5 Å². The number of pyridine rings is 1. The molecule has 116 valence electrons. The molecule has 0 aliphatic rings. The number of hydrogen-bond acceptors (Lipinski definition) is 6. The standard InChI is InChI=1S/C15H12Cl2N6/c16-12-4-3-11(6-13(12)17)21-14-9-20-23-15(22-14)19-8-10-2-1-5-18-7-10/h1-7,9H,8H2,(H2,19,21,22,23). The van der Waals surface area contributed by atoms with Gasteiger partial charge in [-0.05, 0) is 29.8 Å². The van der Waals surface area contributed by atoms with Crippen molar-refractivity contribution in [1.29, 1.82) is 0 Å². The van der Waals surface area contributed by atoms with Crippen LogP contribution in [0, 0.1) is 0 Å². The van der Waals surface area contributed by atoms with Crippen LogP contribution in [0.3, 0.4) is 0 Å². The third-order valence-electron chi connectivity index (χ3n) is 2.92. The van der Waals surface area contributed by atoms with E-state index in [1.807, 2.05) is 12.1 Å². The summed E-state index contributed by atoms with van der Waals surface area (Å²) in [6, 6.07) is 9.07. The van der Waals surface area contributed by atoms with Crippen LogP contribution in [0.2, 0.25) is 10.0 Å². The molecule has 0 aliphatic heterocycles. The van der Waals surface area contributed by atoms with Gasteiger partial charge in [0.25, 0.3) is 0 Å². The molecule has 0 aliphatic carbocycles. The van der Waals surface area contributed by atoms with Crippen LogP contribution in [0.4, 0.5) is 17.5 Å². The molecule has 1 aromatic carbocycles. The number of halogens is 2. The third-order valence-corrected chi connectivity index (χ3v) is 3.66. The van der Waals surface area contributed by atoms with E-state index in [1.54, 1.807) is 30.6 Å². The maximum Gasteiger partial charge on any atom is 0.244 e. The Labute approximate surface area is 142 Å². The summed E-state index contributed by atoms with van der Waals surface area (Å²) in [5.74, 6) is 0.964. The van der Waals surface area contributed by atoms with Crippen molar-refractivity contribution in [3.8, 4) is 0 Å². The zero-order chi connectivity index (χ0) is 16.1. The fraction of sp³-hybridized carbons (Fsp3) is 0.0667. The van der Waals surface area contributed by atoms with Crippen LogP contribution < -0.4 is 10.6 Å². The van der Waals surface area contributed by atoms with Gasteiger partial charge in [0.15, 0.2) is 5.82 Å². The Kier molecular flexibility index (Phi) is 4.85. The predicted molar refractivity (Wildman–Crippen MR) is 91.1 cm³/mol. The molecule has 8 heteroatoms. The molecule has 23 heavy (non-hydrogen) atoms. The zero-order valence-electron chi connectivity index (χ0n) is 11.9. The fourth-order valence-corrected chi connectivity index (χ4v) is 2.14. The Morgan fingerprint density at radius 2 is 1.96 bits per heavy atom. The Hall–Kier alpha value is -2.44. The number of nitrogens with zero attached hydrogens (tertiary/aromatic N) is 4. The SMILES string of the molecule is Clc1ccc(Nc2cnnc(NCc3cccnc3)n2)cc1Cl. The Balaban J connectivity index is 1.68. The highest BCUT2D eigenvalue weighted by molar-refractivity contribution is 6.42. The second-order valence-electron chi connectivity index (χ2n) is 4.63. The van der Waals surface area contributed by atoms with Crippen molar-refractivity contribution in [1.82, 2.24) is 20.2 Å². The second-order valence-corrected chi connectivity index (χ2v) is 5.45. The van der Waals surface area contributed by atoms with Crippen LogP contribution in [0.5, 0.6) is 0 Å². The number of aromatic nitrogens is 4. The van der Waals surface area contributed by atoms with Crippen molar-refractivity contribution < 1.29 is 0 Å². The van der Waals surface area contributed by atoms with E-state index in [1.165, 1.54) is 6.20 Å². The lowest BCUT2D eigenvalue weighted by atomic mass is 10.3. The van der Waals surface area contributed by atoms with Crippen molar-refractivity contribution in [3.63, 3.8) is 0 Å². The molecule has 3 rings (SSSR count). The summed E-state index contributed by atoms with van der Waals surface area (Å²) in [6.45, 7) is 0.561. The molecule has 0 saturated carbocycles. The van der Waals surface area contributed by atoms with Gasteiger partial charge >= 0.3 is 0 Å². The van der Waals surface area contributed by atoms with Crippen molar-refractivity contribution in [2.75, 3.05) is 10.6 Å². The summed E-state index contributed by atoms with van der Waals surface area (Å²) < 4.78 is 0. The minimum absolute atomic E-state index is 0.416. The highest BCUT2D eigenvalue weighted by Gasteiger charge is 2.03. The minimum atomic E-state index is 0.416. The first-order valence-corrected chi connectivity index (χ1v) is 7.51. The van der Waals surface area contributed by atoms with E-state index in [4.69, 9.17) is 23.2 Å². The molecule has 0 saturated heterocycles. The monoisotopic (exact) mass is 346 g/mol. The second kappa shape index (κ2) is 7.21. The first-order valence-electron chi connectivity index (χ1n) is 6.75. The lowest BCUT2D eigenvalue weighted by Crippen LogP contribution is -2.06. The molecule has 2 N–H and O–H groups in total. The van der Waals surface area contributed by atoms with Crippen molar-refractivity contribution in [2.24, 2.45) is 0 Å². The van der Waals surface area contributed by atoms with Gasteiger partial charge in [-0.1, -0.05) is 29.3 Å². The van der Waals surface area contributed by atoms with E-state index in [2.05, 4.69) is 30.8 Å². The van der Waals surface area contributed by atoms with Crippen molar-refractivity contribution in [2.45, 2.75) is 6.54 Å². The van der Waals surface area contributed by atoms with Gasteiger partial charge in [-0.2, -0.15) is 10.1 Å². The number of benzene rings is 1. The molecule has 0 bridgehead atoms. The Bertz CT molecular complexity index is 797. The van der Waals surface area contributed by atoms with Gasteiger partial charge in [0.2, 0.25) is 5.95 Å². The maximum absolute atomic E-state index is 5.99. The van der Waals surface area contributed by atoms with Crippen LogP contribution in [-0.2, 0) is 6.54 Å². The van der Waals surface area contributed by atoms with Gasteiger partial charge in [-0.3, -0.25) is 4.98 Å². The minimum Gasteiger partial charge on any atom is -0.349 e. The average Bonchev–Trinajstić information content (AvgIpc) is 2.58. The van der Waals surface area contributed by atoms with E-state index in [0.29, 0.717) is 28.4 Å². The summed E-state index contributed by atoms with van der Waals surface area (Å²) in [5.41, 5.74) is 1.79. The van der Waals surface area contributed by atoms with Crippen LogP contribution in [0.1, 0.15) is 5.56 Å². The smallest absolute Gasteiger partial charge is 0.244 e. The van der Waals surface area contributed by atoms with Gasteiger partial charge in [-0.25, -0.2) is 0 Å². The summed E-state index contributed by atoms with van der Waals surface area (Å²) in [7, 11) is 0. The Morgan fingerprint density at radius 1 is 1.04 bits per heavy atom. The van der Waals surface area contributed by atoms with Crippen LogP contribution in [0.25, 0.3) is 0 Å². The molecular weight excluding hydrogens is 335 g/mol. The molecular formula is C15H12Cl2N6. The summed E-state index contributed by atoms with van der Waals surface area (Å²) in [5, 5.41) is 15.0. The van der Waals surface area contributed by atoms with Gasteiger partial charge in [-0.15, -0.1) is 5.10 Å². The number of nitrogens with one attached hydrogen (secondary N) is 2. The molecule has 0 unspecified atom stereocenters. The van der Waals surface area contributed by atoms with E-state index in [9.17, 15) is 0 Å². The van der Waals surface area contributed by atoms with E-state index in [0.717, 1.165) is 11.3 Å². The molecule has 0 radical (unpaired) electrons. The molecule has 0 atom stereocenters. The first-order chi connectivity index (χ1) is 11.2. The normalized spacial score (nSPS) is 10.3. The first kappa shape index (κ1) is 15.5. The molecule has 0 spiro atoms. The summed E-state index contributed by atoms with van der Waals surface area (Å²) >= 11 is 11.9. The topological polar surface area (TPSA) is 75.6 Å². The fourth-order valence-electron chi connectivity index (χ4n) is 1.84. The lowest BCUT2D eigenvalue weighted by molar-refractivity contribution is 0.946. The van der Waals surface area contributed by atoms with E-state index < -0.39 is 0 Å². The predicted octanol–water partition coefficient (Wildman–Crippen LogP) is 3.93. The Morgan fingerprint density at radius 3 is 2.74 bits per heavy atom. The number of anilines is 3. The van der Waals surface area contributed by atoms with Gasteiger partial charge < -0.3 is 10.6 Å². The highest BCUT2D eigenvalue weighted by Crippen LogP contribution is 2.26. The van der Waals surface area contributed by atoms with Gasteiger partial charge in [0.1, 0.15) is 0 Å². The quantitative estimate of drug-likeness (QED) is 0.728. The number of rotatable bonds is 5. The van der Waals surface area contributed by atoms with Gasteiger partial charge in [0, 0.05) is 24.6 Å².